The highest BCUT2D eigenvalue weighted by atomic mass is 127. The Balaban J connectivity index is 2.69. The third-order valence-electron chi connectivity index (χ3n) is 2.43. The Morgan fingerprint density at radius 2 is 2.27 bits per heavy atom. The minimum atomic E-state index is 0.825. The number of nitrogens with zero attached hydrogens (tertiary/aromatic N) is 1. The van der Waals surface area contributed by atoms with Crippen LogP contribution < -0.4 is 5.32 Å². The van der Waals surface area contributed by atoms with Crippen molar-refractivity contribution in [2.45, 2.75) is 11.1 Å². The van der Waals surface area contributed by atoms with Crippen molar-refractivity contribution in [1.82, 2.24) is 9.88 Å². The van der Waals surface area contributed by atoms with Crippen LogP contribution in [0.4, 0.5) is 0 Å². The topological polar surface area (TPSA) is 17.0 Å². The molecule has 0 radical (unpaired) electrons. The van der Waals surface area contributed by atoms with E-state index in [1.165, 1.54) is 10.9 Å². The number of nitrogens with one attached hydrogen (secondary N) is 1. The second-order valence-electron chi connectivity index (χ2n) is 3.41. The highest BCUT2D eigenvalue weighted by Gasteiger charge is 2.09. The zero-order valence-electron chi connectivity index (χ0n) is 8.43. The van der Waals surface area contributed by atoms with Gasteiger partial charge in [0.2, 0.25) is 0 Å². The summed E-state index contributed by atoms with van der Waals surface area (Å²) in [5, 5.41) is 5.24. The van der Waals surface area contributed by atoms with Crippen LogP contribution in [-0.4, -0.2) is 11.6 Å². The van der Waals surface area contributed by atoms with Gasteiger partial charge in [0.1, 0.15) is 0 Å². The fourth-order valence-electron chi connectivity index (χ4n) is 1.81. The fourth-order valence-corrected chi connectivity index (χ4v) is 2.64. The van der Waals surface area contributed by atoms with Crippen LogP contribution in [0, 0.1) is 0 Å². The van der Waals surface area contributed by atoms with Crippen LogP contribution in [0.5, 0.6) is 0 Å². The molecule has 0 bridgehead atoms. The van der Waals surface area contributed by atoms with E-state index < -0.39 is 0 Å². The van der Waals surface area contributed by atoms with Crippen LogP contribution in [0.25, 0.3) is 10.9 Å². The Morgan fingerprint density at radius 1 is 1.47 bits per heavy atom. The lowest BCUT2D eigenvalue weighted by atomic mass is 10.2. The molecule has 15 heavy (non-hydrogen) atoms. The molecule has 1 aromatic carbocycles. The first kappa shape index (κ1) is 11.2. The first-order valence-corrected chi connectivity index (χ1v) is 6.65. The van der Waals surface area contributed by atoms with Crippen molar-refractivity contribution < 1.29 is 0 Å². The zero-order chi connectivity index (χ0) is 10.8. The number of rotatable bonds is 3. The molecule has 1 aromatic heterocycles. The standard InChI is InChI=1S/C11H12ClIN2/c1-14-5-8-6-15(7-13)11-9(8)3-2-4-10(11)12/h2-4,6,14H,5,7H2,1H3. The summed E-state index contributed by atoms with van der Waals surface area (Å²) in [7, 11) is 1.96. The lowest BCUT2D eigenvalue weighted by molar-refractivity contribution is 0.815. The van der Waals surface area contributed by atoms with E-state index in [-0.39, 0.29) is 0 Å². The lowest BCUT2D eigenvalue weighted by Crippen LogP contribution is -2.04. The van der Waals surface area contributed by atoms with Gasteiger partial charge in [0, 0.05) is 18.1 Å². The molecule has 0 aliphatic carbocycles. The molecular weight excluding hydrogens is 322 g/mol. The minimum absolute atomic E-state index is 0.825. The Labute approximate surface area is 108 Å². The number of hydrogen-bond acceptors (Lipinski definition) is 1. The van der Waals surface area contributed by atoms with Crippen molar-refractivity contribution in [2.75, 3.05) is 7.05 Å². The number of fused-ring (bicyclic) bond motifs is 1. The van der Waals surface area contributed by atoms with E-state index in [1.54, 1.807) is 0 Å². The van der Waals surface area contributed by atoms with Gasteiger partial charge in [-0.2, -0.15) is 0 Å². The van der Waals surface area contributed by atoms with E-state index >= 15 is 0 Å². The molecule has 0 atom stereocenters. The third kappa shape index (κ3) is 2.00. The van der Waals surface area contributed by atoms with E-state index in [4.69, 9.17) is 11.6 Å². The number of hydrogen-bond donors (Lipinski definition) is 1. The second kappa shape index (κ2) is 4.72. The maximum Gasteiger partial charge on any atom is 0.0743 e. The van der Waals surface area contributed by atoms with Crippen molar-refractivity contribution in [1.29, 1.82) is 0 Å². The van der Waals surface area contributed by atoms with Gasteiger partial charge in [-0.15, -0.1) is 0 Å². The molecule has 2 aromatic rings. The number of halogens is 2. The number of benzene rings is 1. The first-order chi connectivity index (χ1) is 7.27. The van der Waals surface area contributed by atoms with Crippen LogP contribution in [-0.2, 0) is 11.1 Å². The molecule has 0 saturated carbocycles. The van der Waals surface area contributed by atoms with Crippen molar-refractivity contribution in [2.24, 2.45) is 0 Å². The largest absolute Gasteiger partial charge is 0.336 e. The molecule has 4 heteroatoms. The van der Waals surface area contributed by atoms with Crippen molar-refractivity contribution >= 4 is 45.1 Å². The summed E-state index contributed by atoms with van der Waals surface area (Å²) in [5.41, 5.74) is 2.44. The molecule has 0 spiro atoms. The minimum Gasteiger partial charge on any atom is -0.336 e. The Bertz CT molecular complexity index is 479. The smallest absolute Gasteiger partial charge is 0.0743 e. The molecule has 1 N–H and O–H groups in total. The Morgan fingerprint density at radius 3 is 2.93 bits per heavy atom. The highest BCUT2D eigenvalue weighted by molar-refractivity contribution is 14.1. The van der Waals surface area contributed by atoms with Gasteiger partial charge in [0.25, 0.3) is 0 Å². The van der Waals surface area contributed by atoms with Gasteiger partial charge >= 0.3 is 0 Å². The zero-order valence-corrected chi connectivity index (χ0v) is 11.3. The maximum absolute atomic E-state index is 6.21. The van der Waals surface area contributed by atoms with Gasteiger partial charge in [-0.1, -0.05) is 46.3 Å². The summed E-state index contributed by atoms with van der Waals surface area (Å²) >= 11 is 8.55. The van der Waals surface area contributed by atoms with E-state index in [1.807, 2.05) is 19.2 Å². The third-order valence-corrected chi connectivity index (χ3v) is 3.47. The van der Waals surface area contributed by atoms with Crippen LogP contribution >= 0.6 is 34.2 Å². The summed E-state index contributed by atoms with van der Waals surface area (Å²) in [6.07, 6.45) is 2.17. The molecule has 80 valence electrons. The molecule has 0 aliphatic heterocycles. The van der Waals surface area contributed by atoms with Gasteiger partial charge in [-0.3, -0.25) is 0 Å². The van der Waals surface area contributed by atoms with Gasteiger partial charge in [0.05, 0.1) is 15.1 Å². The summed E-state index contributed by atoms with van der Waals surface area (Å²) in [5.74, 6) is 0. The van der Waals surface area contributed by atoms with Gasteiger partial charge < -0.3 is 9.88 Å². The Hall–Kier alpha value is -0.260. The predicted octanol–water partition coefficient (Wildman–Crippen LogP) is 3.41. The molecular formula is C11H12ClIN2. The molecule has 0 saturated heterocycles. The monoisotopic (exact) mass is 334 g/mol. The molecule has 1 heterocycles. The number of aromatic nitrogens is 1. The maximum atomic E-state index is 6.21. The second-order valence-corrected chi connectivity index (χ2v) is 4.50. The molecule has 0 unspecified atom stereocenters. The fraction of sp³-hybridized carbons (Fsp3) is 0.273. The quantitative estimate of drug-likeness (QED) is 0.672. The summed E-state index contributed by atoms with van der Waals surface area (Å²) in [6.45, 7) is 0.875. The summed E-state index contributed by atoms with van der Waals surface area (Å²) < 4.78 is 3.10. The summed E-state index contributed by atoms with van der Waals surface area (Å²) in [4.78, 5) is 0. The van der Waals surface area contributed by atoms with Crippen molar-refractivity contribution in [3.63, 3.8) is 0 Å². The van der Waals surface area contributed by atoms with Crippen LogP contribution in [0.15, 0.2) is 24.4 Å². The average Bonchev–Trinajstić information content (AvgIpc) is 2.59. The van der Waals surface area contributed by atoms with Gasteiger partial charge in [0.15, 0.2) is 0 Å². The molecule has 0 amide bonds. The SMILES string of the molecule is CNCc1cn(CI)c2c(Cl)cccc12. The van der Waals surface area contributed by atoms with Gasteiger partial charge in [-0.25, -0.2) is 0 Å². The number of alkyl halides is 1. The molecule has 2 nitrogen and oxygen atoms in total. The van der Waals surface area contributed by atoms with Crippen LogP contribution in [0.1, 0.15) is 5.56 Å². The van der Waals surface area contributed by atoms with E-state index in [2.05, 4.69) is 44.7 Å². The van der Waals surface area contributed by atoms with E-state index in [0.29, 0.717) is 0 Å². The van der Waals surface area contributed by atoms with Gasteiger partial charge in [-0.05, 0) is 18.7 Å². The normalized spacial score (nSPS) is 11.1. The average molecular weight is 335 g/mol. The van der Waals surface area contributed by atoms with Crippen LogP contribution in [0.3, 0.4) is 0 Å². The van der Waals surface area contributed by atoms with Crippen LogP contribution in [0.2, 0.25) is 5.02 Å². The lowest BCUT2D eigenvalue weighted by Gasteiger charge is -2.00. The summed E-state index contributed by atoms with van der Waals surface area (Å²) in [6, 6.07) is 6.06. The number of para-hydroxylation sites is 1. The Kier molecular flexibility index (Phi) is 3.53. The predicted molar refractivity (Wildman–Crippen MR) is 73.7 cm³/mol. The van der Waals surface area contributed by atoms with Crippen molar-refractivity contribution in [3.8, 4) is 0 Å². The van der Waals surface area contributed by atoms with Crippen molar-refractivity contribution in [3.05, 3.63) is 35.0 Å². The van der Waals surface area contributed by atoms with E-state index in [0.717, 1.165) is 21.6 Å². The van der Waals surface area contributed by atoms with E-state index in [9.17, 15) is 0 Å². The highest BCUT2D eigenvalue weighted by Crippen LogP contribution is 2.28. The molecule has 2 rings (SSSR count). The first-order valence-electron chi connectivity index (χ1n) is 4.74. The molecule has 0 aliphatic rings. The molecule has 0 fully saturated rings.